The molecule has 0 radical (unpaired) electrons. The van der Waals surface area contributed by atoms with Gasteiger partial charge >= 0.3 is 6.18 Å². The fourth-order valence-corrected chi connectivity index (χ4v) is 3.18. The van der Waals surface area contributed by atoms with Crippen LogP contribution < -0.4 is 11.1 Å². The lowest BCUT2D eigenvalue weighted by Gasteiger charge is -2.14. The Balaban J connectivity index is 1.73. The van der Waals surface area contributed by atoms with Crippen molar-refractivity contribution in [1.29, 1.82) is 5.26 Å². The SMILES string of the molecule is N#C[C@@H]1C[C@H]1C(=O)Nc1cc2cc(-c3ccccc3C(F)(F)F)nc(N)c2cn1. The fourth-order valence-electron chi connectivity index (χ4n) is 3.18. The predicted octanol–water partition coefficient (Wildman–Crippen LogP) is 4.00. The largest absolute Gasteiger partial charge is 0.417 e. The molecule has 2 heterocycles. The lowest BCUT2D eigenvalue weighted by atomic mass is 10.0. The zero-order valence-corrected chi connectivity index (χ0v) is 14.9. The highest BCUT2D eigenvalue weighted by molar-refractivity contribution is 5.98. The zero-order chi connectivity index (χ0) is 20.8. The summed E-state index contributed by atoms with van der Waals surface area (Å²) in [7, 11) is 0. The Morgan fingerprint density at radius 3 is 2.72 bits per heavy atom. The smallest absolute Gasteiger partial charge is 0.383 e. The molecule has 0 spiro atoms. The fraction of sp³-hybridized carbons (Fsp3) is 0.200. The number of hydrogen-bond donors (Lipinski definition) is 2. The van der Waals surface area contributed by atoms with Crippen LogP contribution in [0.15, 0.2) is 42.6 Å². The highest BCUT2D eigenvalue weighted by Gasteiger charge is 2.43. The summed E-state index contributed by atoms with van der Waals surface area (Å²) < 4.78 is 40.1. The summed E-state index contributed by atoms with van der Waals surface area (Å²) in [5.74, 6) is -0.707. The number of nitrogen functional groups attached to an aromatic ring is 1. The monoisotopic (exact) mass is 397 g/mol. The maximum absolute atomic E-state index is 13.4. The van der Waals surface area contributed by atoms with Gasteiger partial charge in [0, 0.05) is 17.1 Å². The second kappa shape index (κ2) is 6.74. The van der Waals surface area contributed by atoms with Crippen molar-refractivity contribution in [2.75, 3.05) is 11.1 Å². The Bertz CT molecular complexity index is 1170. The minimum Gasteiger partial charge on any atom is -0.383 e. The van der Waals surface area contributed by atoms with E-state index in [4.69, 9.17) is 11.0 Å². The number of aromatic nitrogens is 2. The number of nitrogens with zero attached hydrogens (tertiary/aromatic N) is 3. The van der Waals surface area contributed by atoms with Gasteiger partial charge in [0.05, 0.1) is 29.2 Å². The number of nitrogens with two attached hydrogens (primary N) is 1. The molecule has 9 heteroatoms. The molecule has 1 saturated carbocycles. The first-order chi connectivity index (χ1) is 13.8. The van der Waals surface area contributed by atoms with E-state index in [0.717, 1.165) is 6.07 Å². The summed E-state index contributed by atoms with van der Waals surface area (Å²) in [6.45, 7) is 0. The summed E-state index contributed by atoms with van der Waals surface area (Å²) in [5, 5.41) is 12.4. The molecular weight excluding hydrogens is 383 g/mol. The number of rotatable bonds is 3. The molecule has 4 rings (SSSR count). The van der Waals surface area contributed by atoms with E-state index in [-0.39, 0.29) is 40.6 Å². The zero-order valence-electron chi connectivity index (χ0n) is 14.9. The highest BCUT2D eigenvalue weighted by Crippen LogP contribution is 2.39. The van der Waals surface area contributed by atoms with Crippen molar-refractivity contribution in [1.82, 2.24) is 9.97 Å². The van der Waals surface area contributed by atoms with E-state index in [0.29, 0.717) is 17.2 Å². The van der Waals surface area contributed by atoms with Crippen LogP contribution in [0.3, 0.4) is 0 Å². The first kappa shape index (κ1) is 18.7. The normalized spacial score (nSPS) is 18.3. The highest BCUT2D eigenvalue weighted by atomic mass is 19.4. The standard InChI is InChI=1S/C20H14F3N5O/c21-20(22,23)15-4-2-1-3-12(15)16-6-10-7-17(26-9-14(10)18(25)27-16)28-19(29)13-5-11(13)8-24/h1-4,6-7,9,11,13H,5H2,(H2,25,27)(H,26,28,29)/t11-,13+/m0/s1. The van der Waals surface area contributed by atoms with Gasteiger partial charge in [-0.05, 0) is 30.0 Å². The van der Waals surface area contributed by atoms with Crippen molar-refractivity contribution >= 4 is 28.3 Å². The molecule has 1 aliphatic rings. The molecule has 0 bridgehead atoms. The average Bonchev–Trinajstić information content (AvgIpc) is 3.47. The molecule has 0 aliphatic heterocycles. The number of carbonyl (C=O) groups excluding carboxylic acids is 1. The first-order valence-electron chi connectivity index (χ1n) is 8.71. The molecule has 146 valence electrons. The van der Waals surface area contributed by atoms with Gasteiger partial charge in [-0.2, -0.15) is 18.4 Å². The molecular formula is C20H14F3N5O. The lowest BCUT2D eigenvalue weighted by molar-refractivity contribution is -0.137. The van der Waals surface area contributed by atoms with Crippen molar-refractivity contribution < 1.29 is 18.0 Å². The van der Waals surface area contributed by atoms with E-state index in [1.54, 1.807) is 0 Å². The summed E-state index contributed by atoms with van der Waals surface area (Å²) in [4.78, 5) is 20.3. The number of anilines is 2. The molecule has 2 atom stereocenters. The molecule has 2 aromatic heterocycles. The van der Waals surface area contributed by atoms with Crippen molar-refractivity contribution in [3.05, 3.63) is 48.2 Å². The Morgan fingerprint density at radius 1 is 1.28 bits per heavy atom. The van der Waals surface area contributed by atoms with E-state index < -0.39 is 11.7 Å². The van der Waals surface area contributed by atoms with E-state index >= 15 is 0 Å². The molecule has 1 aromatic carbocycles. The molecule has 1 aliphatic carbocycles. The molecule has 6 nitrogen and oxygen atoms in total. The number of pyridine rings is 2. The van der Waals surface area contributed by atoms with Crippen LogP contribution in [-0.4, -0.2) is 15.9 Å². The predicted molar refractivity (Wildman–Crippen MR) is 100 cm³/mol. The summed E-state index contributed by atoms with van der Waals surface area (Å²) in [6.07, 6.45) is -2.63. The van der Waals surface area contributed by atoms with Crippen LogP contribution in [0.1, 0.15) is 12.0 Å². The van der Waals surface area contributed by atoms with Crippen molar-refractivity contribution in [3.8, 4) is 17.3 Å². The number of nitrogens with one attached hydrogen (secondary N) is 1. The van der Waals surface area contributed by atoms with Crippen LogP contribution in [0.25, 0.3) is 22.0 Å². The minimum absolute atomic E-state index is 0.0339. The van der Waals surface area contributed by atoms with Gasteiger partial charge in [0.1, 0.15) is 11.6 Å². The van der Waals surface area contributed by atoms with Gasteiger partial charge in [-0.3, -0.25) is 4.79 Å². The molecule has 3 aromatic rings. The van der Waals surface area contributed by atoms with Crippen LogP contribution in [0.5, 0.6) is 0 Å². The van der Waals surface area contributed by atoms with Gasteiger partial charge in [0.25, 0.3) is 0 Å². The van der Waals surface area contributed by atoms with Gasteiger partial charge in [-0.1, -0.05) is 18.2 Å². The van der Waals surface area contributed by atoms with Gasteiger partial charge in [0.2, 0.25) is 5.91 Å². The van der Waals surface area contributed by atoms with E-state index in [1.165, 1.54) is 36.5 Å². The maximum atomic E-state index is 13.4. The third-order valence-corrected chi connectivity index (χ3v) is 4.80. The first-order valence-corrected chi connectivity index (χ1v) is 8.71. The van der Waals surface area contributed by atoms with E-state index in [9.17, 15) is 18.0 Å². The van der Waals surface area contributed by atoms with Crippen LogP contribution in [0.4, 0.5) is 24.8 Å². The van der Waals surface area contributed by atoms with Crippen LogP contribution in [0, 0.1) is 23.2 Å². The average molecular weight is 397 g/mol. The number of benzene rings is 1. The van der Waals surface area contributed by atoms with Crippen molar-refractivity contribution in [2.24, 2.45) is 11.8 Å². The second-order valence-electron chi connectivity index (χ2n) is 6.79. The third-order valence-electron chi connectivity index (χ3n) is 4.80. The molecule has 0 unspecified atom stereocenters. The summed E-state index contributed by atoms with van der Waals surface area (Å²) in [6, 6.07) is 10.1. The van der Waals surface area contributed by atoms with Gasteiger partial charge in [0.15, 0.2) is 0 Å². The van der Waals surface area contributed by atoms with Crippen LogP contribution in [-0.2, 0) is 11.0 Å². The molecule has 0 saturated heterocycles. The van der Waals surface area contributed by atoms with Gasteiger partial charge < -0.3 is 11.1 Å². The Kier molecular flexibility index (Phi) is 4.34. The lowest BCUT2D eigenvalue weighted by Crippen LogP contribution is -2.15. The Morgan fingerprint density at radius 2 is 2.03 bits per heavy atom. The number of halogens is 3. The number of alkyl halides is 3. The topological polar surface area (TPSA) is 105 Å². The van der Waals surface area contributed by atoms with Gasteiger partial charge in [-0.25, -0.2) is 9.97 Å². The van der Waals surface area contributed by atoms with E-state index in [2.05, 4.69) is 15.3 Å². The molecule has 1 amide bonds. The van der Waals surface area contributed by atoms with Crippen LogP contribution >= 0.6 is 0 Å². The Hall–Kier alpha value is -3.67. The quantitative estimate of drug-likeness (QED) is 0.695. The number of fused-ring (bicyclic) bond motifs is 1. The molecule has 1 fully saturated rings. The third kappa shape index (κ3) is 3.57. The Labute approximate surface area is 163 Å². The van der Waals surface area contributed by atoms with Gasteiger partial charge in [-0.15, -0.1) is 0 Å². The van der Waals surface area contributed by atoms with E-state index in [1.807, 2.05) is 6.07 Å². The summed E-state index contributed by atoms with van der Waals surface area (Å²) in [5.41, 5.74) is 5.10. The number of amides is 1. The van der Waals surface area contributed by atoms with Crippen molar-refractivity contribution in [3.63, 3.8) is 0 Å². The maximum Gasteiger partial charge on any atom is 0.417 e. The number of carbonyl (C=O) groups is 1. The van der Waals surface area contributed by atoms with Crippen molar-refractivity contribution in [2.45, 2.75) is 12.6 Å². The minimum atomic E-state index is -4.54. The van der Waals surface area contributed by atoms with Crippen LogP contribution in [0.2, 0.25) is 0 Å². The second-order valence-corrected chi connectivity index (χ2v) is 6.79. The number of nitriles is 1. The molecule has 3 N–H and O–H groups in total. The summed E-state index contributed by atoms with van der Waals surface area (Å²) >= 11 is 0. The number of hydrogen-bond acceptors (Lipinski definition) is 5. The molecule has 29 heavy (non-hydrogen) atoms.